The third kappa shape index (κ3) is 6.40. The molecule has 0 saturated heterocycles. The van der Waals surface area contributed by atoms with Gasteiger partial charge in [-0.05, 0) is 70.1 Å². The molecule has 1 heterocycles. The van der Waals surface area contributed by atoms with Gasteiger partial charge in [0, 0.05) is 6.42 Å². The Morgan fingerprint density at radius 2 is 1.68 bits per heavy atom. The van der Waals surface area contributed by atoms with Crippen molar-refractivity contribution in [3.05, 3.63) is 107 Å². The first-order chi connectivity index (χ1) is 19.8. The van der Waals surface area contributed by atoms with Crippen LogP contribution in [0.2, 0.25) is 0 Å². The fourth-order valence-corrected chi connectivity index (χ4v) is 5.00. The van der Waals surface area contributed by atoms with Gasteiger partial charge in [0.2, 0.25) is 0 Å². The predicted octanol–water partition coefficient (Wildman–Crippen LogP) is 6.58. The molecular formula is C34H34N2O5. The highest BCUT2D eigenvalue weighted by Crippen LogP contribution is 2.34. The molecule has 1 unspecified atom stereocenters. The van der Waals surface area contributed by atoms with Crippen LogP contribution in [-0.4, -0.2) is 42.9 Å². The Labute approximate surface area is 240 Å². The number of carbonyl (C=O) groups excluding carboxylic acids is 2. The Morgan fingerprint density at radius 3 is 2.41 bits per heavy atom. The lowest BCUT2D eigenvalue weighted by Crippen LogP contribution is -2.32. The van der Waals surface area contributed by atoms with Crippen LogP contribution in [0, 0.1) is 6.92 Å². The van der Waals surface area contributed by atoms with Crippen molar-refractivity contribution in [2.45, 2.75) is 39.2 Å². The van der Waals surface area contributed by atoms with Crippen LogP contribution in [0.5, 0.6) is 11.5 Å². The lowest BCUT2D eigenvalue weighted by molar-refractivity contribution is -0.154. The molecule has 0 saturated carbocycles. The van der Waals surface area contributed by atoms with E-state index in [1.807, 2.05) is 67.6 Å². The molecule has 41 heavy (non-hydrogen) atoms. The Hall–Kier alpha value is -4.65. The largest absolute Gasteiger partial charge is 0.497 e. The zero-order chi connectivity index (χ0) is 28.9. The second kappa shape index (κ2) is 12.3. The van der Waals surface area contributed by atoms with Crippen molar-refractivity contribution in [2.75, 3.05) is 20.3 Å². The van der Waals surface area contributed by atoms with Crippen molar-refractivity contribution in [2.24, 2.45) is 5.10 Å². The van der Waals surface area contributed by atoms with Crippen LogP contribution < -0.4 is 9.47 Å². The number of nitrogens with zero attached hydrogens (tertiary/aromatic N) is 2. The maximum absolute atomic E-state index is 13.4. The van der Waals surface area contributed by atoms with E-state index in [0.29, 0.717) is 12.2 Å². The number of esters is 1. The summed E-state index contributed by atoms with van der Waals surface area (Å²) in [6, 6.07) is 27.4. The molecule has 0 aromatic heterocycles. The average molecular weight is 551 g/mol. The molecule has 1 atom stereocenters. The van der Waals surface area contributed by atoms with Crippen molar-refractivity contribution in [1.82, 2.24) is 5.01 Å². The fraction of sp³-hybridized carbons (Fsp3) is 0.265. The molecule has 0 spiro atoms. The summed E-state index contributed by atoms with van der Waals surface area (Å²) >= 11 is 0. The molecule has 7 heteroatoms. The summed E-state index contributed by atoms with van der Waals surface area (Å²) in [6.07, 6.45) is 0.527. The van der Waals surface area contributed by atoms with Crippen LogP contribution in [0.25, 0.3) is 10.8 Å². The Kier molecular flexibility index (Phi) is 8.34. The van der Waals surface area contributed by atoms with Crippen LogP contribution >= 0.6 is 0 Å². The number of hydrazone groups is 1. The first-order valence-corrected chi connectivity index (χ1v) is 13.7. The average Bonchev–Trinajstić information content (AvgIpc) is 3.44. The minimum Gasteiger partial charge on any atom is -0.497 e. The summed E-state index contributed by atoms with van der Waals surface area (Å²) in [5, 5.41) is 8.39. The molecule has 0 fully saturated rings. The molecule has 0 radical (unpaired) electrons. The molecule has 1 amide bonds. The molecule has 1 aliphatic heterocycles. The SMILES string of the molecule is COc1ccc(C2CC(c3ccc4ccccc4c3)=NN2C(=O)COC(=O)COc2cc(C)ccc2C(C)C)cc1. The van der Waals surface area contributed by atoms with E-state index in [2.05, 4.69) is 38.1 Å². The number of hydrogen-bond acceptors (Lipinski definition) is 6. The standard InChI is InChI=1S/C34H34N2O5/c1-22(2)29-16-9-23(3)17-32(29)40-21-34(38)41-20-33(37)36-31(25-12-14-28(39-4)15-13-25)19-30(35-36)27-11-10-24-7-5-6-8-26(24)18-27/h5-18,22,31H,19-21H2,1-4H3. The van der Waals surface area contributed by atoms with Gasteiger partial charge in [-0.25, -0.2) is 9.80 Å². The van der Waals surface area contributed by atoms with Gasteiger partial charge in [-0.1, -0.05) is 74.5 Å². The monoisotopic (exact) mass is 550 g/mol. The number of methoxy groups -OCH3 is 1. The molecule has 4 aromatic rings. The van der Waals surface area contributed by atoms with Gasteiger partial charge in [0.05, 0.1) is 18.9 Å². The molecule has 4 aromatic carbocycles. The number of rotatable bonds is 9. The fourth-order valence-electron chi connectivity index (χ4n) is 5.00. The maximum Gasteiger partial charge on any atom is 0.344 e. The first-order valence-electron chi connectivity index (χ1n) is 13.7. The summed E-state index contributed by atoms with van der Waals surface area (Å²) in [5.41, 5.74) is 4.69. The summed E-state index contributed by atoms with van der Waals surface area (Å²) in [6.45, 7) is 5.38. The molecule has 210 valence electrons. The molecule has 0 N–H and O–H groups in total. The highest BCUT2D eigenvalue weighted by molar-refractivity contribution is 6.05. The maximum atomic E-state index is 13.4. The molecule has 0 aliphatic carbocycles. The number of ether oxygens (including phenoxy) is 3. The van der Waals surface area contributed by atoms with E-state index in [9.17, 15) is 9.59 Å². The molecule has 1 aliphatic rings. The zero-order valence-corrected chi connectivity index (χ0v) is 23.8. The van der Waals surface area contributed by atoms with Crippen LogP contribution in [0.1, 0.15) is 54.5 Å². The van der Waals surface area contributed by atoms with E-state index >= 15 is 0 Å². The summed E-state index contributed by atoms with van der Waals surface area (Å²) in [7, 11) is 1.61. The van der Waals surface area contributed by atoms with Gasteiger partial charge >= 0.3 is 5.97 Å². The van der Waals surface area contributed by atoms with E-state index in [-0.39, 0.29) is 18.6 Å². The van der Waals surface area contributed by atoms with Crippen LogP contribution in [0.4, 0.5) is 0 Å². The van der Waals surface area contributed by atoms with Gasteiger partial charge in [0.15, 0.2) is 13.2 Å². The van der Waals surface area contributed by atoms with Crippen LogP contribution in [0.15, 0.2) is 90.0 Å². The number of carbonyl (C=O) groups is 2. The van der Waals surface area contributed by atoms with E-state index in [1.165, 1.54) is 5.01 Å². The van der Waals surface area contributed by atoms with E-state index in [1.54, 1.807) is 7.11 Å². The lowest BCUT2D eigenvalue weighted by atomic mass is 9.97. The highest BCUT2D eigenvalue weighted by atomic mass is 16.6. The first kappa shape index (κ1) is 27.9. The van der Waals surface area contributed by atoms with Gasteiger partial charge in [0.25, 0.3) is 5.91 Å². The Balaban J connectivity index is 1.31. The van der Waals surface area contributed by atoms with E-state index < -0.39 is 18.5 Å². The van der Waals surface area contributed by atoms with Crippen molar-refractivity contribution in [3.63, 3.8) is 0 Å². The summed E-state index contributed by atoms with van der Waals surface area (Å²) in [5.74, 6) is 0.584. The van der Waals surface area contributed by atoms with Crippen LogP contribution in [-0.2, 0) is 14.3 Å². The highest BCUT2D eigenvalue weighted by Gasteiger charge is 2.33. The van der Waals surface area contributed by atoms with Crippen molar-refractivity contribution >= 4 is 28.4 Å². The van der Waals surface area contributed by atoms with Gasteiger partial charge < -0.3 is 14.2 Å². The number of hydrogen-bond donors (Lipinski definition) is 0. The summed E-state index contributed by atoms with van der Waals surface area (Å²) in [4.78, 5) is 26.0. The molecule has 5 rings (SSSR count). The van der Waals surface area contributed by atoms with Crippen molar-refractivity contribution in [1.29, 1.82) is 0 Å². The van der Waals surface area contributed by atoms with Crippen molar-refractivity contribution in [3.8, 4) is 11.5 Å². The van der Waals surface area contributed by atoms with Gasteiger partial charge in [0.1, 0.15) is 11.5 Å². The number of amides is 1. The zero-order valence-electron chi connectivity index (χ0n) is 23.8. The minimum absolute atomic E-state index is 0.239. The second-order valence-corrected chi connectivity index (χ2v) is 10.5. The molecular weight excluding hydrogens is 516 g/mol. The van der Waals surface area contributed by atoms with Crippen LogP contribution in [0.3, 0.4) is 0 Å². The quantitative estimate of drug-likeness (QED) is 0.220. The predicted molar refractivity (Wildman–Crippen MR) is 159 cm³/mol. The Morgan fingerprint density at radius 1 is 0.927 bits per heavy atom. The van der Waals surface area contributed by atoms with Gasteiger partial charge in [-0.3, -0.25) is 4.79 Å². The second-order valence-electron chi connectivity index (χ2n) is 10.5. The Bertz CT molecular complexity index is 1590. The third-order valence-corrected chi connectivity index (χ3v) is 7.24. The number of benzene rings is 4. The normalized spacial score (nSPS) is 14.7. The number of aryl methyl sites for hydroxylation is 1. The minimum atomic E-state index is -0.617. The molecule has 7 nitrogen and oxygen atoms in total. The van der Waals surface area contributed by atoms with E-state index in [0.717, 1.165) is 44.5 Å². The topological polar surface area (TPSA) is 77.4 Å². The number of fused-ring (bicyclic) bond motifs is 1. The van der Waals surface area contributed by atoms with Gasteiger partial charge in [-0.15, -0.1) is 0 Å². The third-order valence-electron chi connectivity index (χ3n) is 7.24. The smallest absolute Gasteiger partial charge is 0.344 e. The summed E-state index contributed by atoms with van der Waals surface area (Å²) < 4.78 is 16.4. The van der Waals surface area contributed by atoms with E-state index in [4.69, 9.17) is 19.3 Å². The van der Waals surface area contributed by atoms with Gasteiger partial charge in [-0.2, -0.15) is 5.10 Å². The van der Waals surface area contributed by atoms with Crippen molar-refractivity contribution < 1.29 is 23.8 Å². The lowest BCUT2D eigenvalue weighted by Gasteiger charge is -2.22. The molecule has 0 bridgehead atoms.